The Kier molecular flexibility index (Phi) is 2.53. The third-order valence-corrected chi connectivity index (χ3v) is 2.11. The average molecular weight is 186 g/mol. The number of amides is 1. The number of primary amides is 1. The number of carbonyl (C=O) groups is 1. The highest BCUT2D eigenvalue weighted by Crippen LogP contribution is 2.21. The topological polar surface area (TPSA) is 43.1 Å². The Morgan fingerprint density at radius 2 is 2.45 bits per heavy atom. The van der Waals surface area contributed by atoms with Crippen LogP contribution in [0.3, 0.4) is 0 Å². The van der Waals surface area contributed by atoms with Gasteiger partial charge in [0.2, 0.25) is 0 Å². The maximum atomic E-state index is 10.2. The Bertz CT molecular complexity index is 334. The van der Waals surface area contributed by atoms with E-state index in [1.165, 1.54) is 11.3 Å². The van der Waals surface area contributed by atoms with Crippen molar-refractivity contribution in [3.8, 4) is 11.8 Å². The van der Waals surface area contributed by atoms with Gasteiger partial charge in [0, 0.05) is 5.92 Å². The van der Waals surface area contributed by atoms with Gasteiger partial charge in [-0.3, -0.25) is 4.79 Å². The number of carbonyl (C=O) groups excluding carboxylic acids is 1. The van der Waals surface area contributed by atoms with Gasteiger partial charge in [0.05, 0.1) is 5.56 Å². The first-order valence-corrected chi connectivity index (χ1v) is 4.00. The van der Waals surface area contributed by atoms with Crippen molar-refractivity contribution in [1.82, 2.24) is 0 Å². The summed E-state index contributed by atoms with van der Waals surface area (Å²) in [6, 6.07) is 1.74. The van der Waals surface area contributed by atoms with E-state index < -0.39 is 5.91 Å². The molecule has 0 fully saturated rings. The maximum Gasteiger partial charge on any atom is 0.293 e. The summed E-state index contributed by atoms with van der Waals surface area (Å²) in [5.74, 6) is 4.10. The Balaban J connectivity index is 2.90. The van der Waals surface area contributed by atoms with Crippen LogP contribution >= 0.6 is 22.9 Å². The van der Waals surface area contributed by atoms with Crippen LogP contribution in [0, 0.1) is 11.8 Å². The standard InChI is InChI=1S/C7H4ClNOS/c8-7-5(3-4-11-7)1-2-6(9)10/h3-4H,(H2,9,10). The molecule has 4 heteroatoms. The molecular weight excluding hydrogens is 182 g/mol. The zero-order chi connectivity index (χ0) is 8.27. The van der Waals surface area contributed by atoms with Crippen LogP contribution in [0.15, 0.2) is 11.4 Å². The van der Waals surface area contributed by atoms with Crippen LogP contribution in [0.4, 0.5) is 0 Å². The van der Waals surface area contributed by atoms with Crippen LogP contribution < -0.4 is 5.73 Å². The minimum absolute atomic E-state index is 0.582. The predicted molar refractivity (Wildman–Crippen MR) is 45.4 cm³/mol. The number of nitrogens with two attached hydrogens (primary N) is 1. The molecule has 1 rings (SSSR count). The largest absolute Gasteiger partial charge is 0.359 e. The van der Waals surface area contributed by atoms with E-state index in [4.69, 9.17) is 17.3 Å². The molecule has 0 radical (unpaired) electrons. The molecule has 0 aromatic carbocycles. The molecule has 1 aromatic rings. The Hall–Kier alpha value is -0.980. The second-order valence-corrected chi connectivity index (χ2v) is 3.24. The number of halogens is 1. The Labute approximate surface area is 73.0 Å². The molecule has 0 aliphatic heterocycles. The molecule has 0 saturated heterocycles. The number of rotatable bonds is 0. The summed E-state index contributed by atoms with van der Waals surface area (Å²) >= 11 is 7.05. The van der Waals surface area contributed by atoms with Crippen LogP contribution in [0.5, 0.6) is 0 Å². The highest BCUT2D eigenvalue weighted by atomic mass is 35.5. The SMILES string of the molecule is NC(=O)C#Cc1ccsc1Cl. The zero-order valence-electron chi connectivity index (χ0n) is 5.43. The van der Waals surface area contributed by atoms with Crippen molar-refractivity contribution in [2.75, 3.05) is 0 Å². The molecule has 0 aliphatic carbocycles. The van der Waals surface area contributed by atoms with Crippen molar-refractivity contribution in [3.05, 3.63) is 21.3 Å². The van der Waals surface area contributed by atoms with Crippen LogP contribution in [0.2, 0.25) is 4.34 Å². The normalized spacial score (nSPS) is 8.45. The molecule has 0 atom stereocenters. The van der Waals surface area contributed by atoms with Gasteiger partial charge in [0.15, 0.2) is 0 Å². The first-order chi connectivity index (χ1) is 5.20. The highest BCUT2D eigenvalue weighted by Gasteiger charge is 1.95. The fraction of sp³-hybridized carbons (Fsp3) is 0. The molecule has 11 heavy (non-hydrogen) atoms. The fourth-order valence-corrected chi connectivity index (χ4v) is 1.34. The molecule has 0 spiro atoms. The van der Waals surface area contributed by atoms with Crippen LogP contribution in [0.1, 0.15) is 5.56 Å². The van der Waals surface area contributed by atoms with Crippen molar-refractivity contribution in [1.29, 1.82) is 0 Å². The third-order valence-electron chi connectivity index (χ3n) is 0.938. The lowest BCUT2D eigenvalue weighted by atomic mass is 10.3. The van der Waals surface area contributed by atoms with Gasteiger partial charge >= 0.3 is 0 Å². The van der Waals surface area contributed by atoms with Crippen LogP contribution in [-0.4, -0.2) is 5.91 Å². The third kappa shape index (κ3) is 2.26. The van der Waals surface area contributed by atoms with Crippen molar-refractivity contribution in [2.45, 2.75) is 0 Å². The van der Waals surface area contributed by atoms with Gasteiger partial charge in [-0.25, -0.2) is 0 Å². The second kappa shape index (κ2) is 3.42. The maximum absolute atomic E-state index is 10.2. The lowest BCUT2D eigenvalue weighted by molar-refractivity contribution is -0.112. The lowest BCUT2D eigenvalue weighted by Gasteiger charge is -1.79. The zero-order valence-corrected chi connectivity index (χ0v) is 7.00. The minimum atomic E-state index is -0.646. The summed E-state index contributed by atoms with van der Waals surface area (Å²) in [7, 11) is 0. The summed E-state index contributed by atoms with van der Waals surface area (Å²) in [5, 5.41) is 1.80. The van der Waals surface area contributed by atoms with Gasteiger partial charge in [-0.1, -0.05) is 17.5 Å². The van der Waals surface area contributed by atoms with Gasteiger partial charge < -0.3 is 5.73 Å². The van der Waals surface area contributed by atoms with Gasteiger partial charge in [0.1, 0.15) is 4.34 Å². The van der Waals surface area contributed by atoms with E-state index in [9.17, 15) is 4.79 Å². The smallest absolute Gasteiger partial charge is 0.293 e. The molecule has 1 aromatic heterocycles. The second-order valence-electron chi connectivity index (χ2n) is 1.72. The van der Waals surface area contributed by atoms with E-state index in [0.717, 1.165) is 0 Å². The lowest BCUT2D eigenvalue weighted by Crippen LogP contribution is -2.06. The molecule has 0 bridgehead atoms. The Morgan fingerprint density at radius 3 is 2.91 bits per heavy atom. The molecule has 0 saturated carbocycles. The van der Waals surface area contributed by atoms with Gasteiger partial charge in [-0.2, -0.15) is 0 Å². The molecule has 1 heterocycles. The summed E-state index contributed by atoms with van der Waals surface area (Å²) in [6.45, 7) is 0. The highest BCUT2D eigenvalue weighted by molar-refractivity contribution is 7.14. The van der Waals surface area contributed by atoms with E-state index in [-0.39, 0.29) is 0 Å². The summed E-state index contributed by atoms with van der Waals surface area (Å²) in [5.41, 5.74) is 5.46. The summed E-state index contributed by atoms with van der Waals surface area (Å²) < 4.78 is 0.582. The van der Waals surface area contributed by atoms with Crippen LogP contribution in [0.25, 0.3) is 0 Å². The molecule has 0 aliphatic rings. The predicted octanol–water partition coefficient (Wildman–Crippen LogP) is 1.24. The first-order valence-electron chi connectivity index (χ1n) is 2.74. The number of thiophene rings is 1. The molecule has 2 N–H and O–H groups in total. The van der Waals surface area contributed by atoms with E-state index in [2.05, 4.69) is 11.8 Å². The number of hydrogen-bond donors (Lipinski definition) is 1. The summed E-state index contributed by atoms with van der Waals surface area (Å²) in [6.07, 6.45) is 0. The van der Waals surface area contributed by atoms with E-state index >= 15 is 0 Å². The van der Waals surface area contributed by atoms with Gasteiger partial charge in [-0.15, -0.1) is 11.3 Å². The van der Waals surface area contributed by atoms with Crippen molar-refractivity contribution < 1.29 is 4.79 Å². The van der Waals surface area contributed by atoms with Crippen LogP contribution in [-0.2, 0) is 4.79 Å². The fourth-order valence-electron chi connectivity index (χ4n) is 0.511. The monoisotopic (exact) mass is 185 g/mol. The van der Waals surface area contributed by atoms with Crippen molar-refractivity contribution >= 4 is 28.8 Å². The van der Waals surface area contributed by atoms with Gasteiger partial charge in [0.25, 0.3) is 5.91 Å². The Morgan fingerprint density at radius 1 is 1.73 bits per heavy atom. The molecule has 2 nitrogen and oxygen atoms in total. The van der Waals surface area contributed by atoms with Crippen molar-refractivity contribution in [3.63, 3.8) is 0 Å². The van der Waals surface area contributed by atoms with Crippen molar-refractivity contribution in [2.24, 2.45) is 5.73 Å². The molecular formula is C7H4ClNOS. The number of hydrogen-bond acceptors (Lipinski definition) is 2. The quantitative estimate of drug-likeness (QED) is 0.608. The van der Waals surface area contributed by atoms with E-state index in [1.54, 1.807) is 11.4 Å². The molecule has 0 unspecified atom stereocenters. The minimum Gasteiger partial charge on any atom is -0.359 e. The van der Waals surface area contributed by atoms with Gasteiger partial charge in [-0.05, 0) is 11.4 Å². The summed E-state index contributed by atoms with van der Waals surface area (Å²) in [4.78, 5) is 10.2. The van der Waals surface area contributed by atoms with E-state index in [1.807, 2.05) is 0 Å². The first kappa shape index (κ1) is 8.12. The average Bonchev–Trinajstić information content (AvgIpc) is 2.31. The van der Waals surface area contributed by atoms with E-state index in [0.29, 0.717) is 9.90 Å². The molecule has 1 amide bonds. The molecule has 56 valence electrons.